The lowest BCUT2D eigenvalue weighted by molar-refractivity contribution is -0.126. The molecule has 4 atom stereocenters. The molecule has 3 aliphatic rings. The molecule has 1 heterocycles. The number of rotatable bonds is 0. The maximum absolute atomic E-state index is 10.7. The third kappa shape index (κ3) is 1.53. The SMILES string of the molecule is CC1(C)O[C@]12CC[C@@]1(C)CCC[C@@](C)(O)[C@@H]1C2. The molecule has 0 bridgehead atoms. The summed E-state index contributed by atoms with van der Waals surface area (Å²) in [6.45, 7) is 8.83. The third-order valence-electron chi connectivity index (χ3n) is 6.16. The van der Waals surface area contributed by atoms with Gasteiger partial charge < -0.3 is 9.84 Å². The molecule has 0 aromatic heterocycles. The number of fused-ring (bicyclic) bond motifs is 1. The van der Waals surface area contributed by atoms with E-state index in [2.05, 4.69) is 20.8 Å². The van der Waals surface area contributed by atoms with Gasteiger partial charge >= 0.3 is 0 Å². The Kier molecular flexibility index (Phi) is 2.17. The van der Waals surface area contributed by atoms with E-state index in [0.29, 0.717) is 11.3 Å². The van der Waals surface area contributed by atoms with Crippen molar-refractivity contribution in [2.75, 3.05) is 0 Å². The molecule has 2 nitrogen and oxygen atoms in total. The van der Waals surface area contributed by atoms with Crippen LogP contribution in [0.4, 0.5) is 0 Å². The van der Waals surface area contributed by atoms with Crippen molar-refractivity contribution in [2.24, 2.45) is 11.3 Å². The molecule has 98 valence electrons. The topological polar surface area (TPSA) is 32.8 Å². The first-order chi connectivity index (χ1) is 7.71. The quantitative estimate of drug-likeness (QED) is 0.657. The molecule has 3 rings (SSSR count). The Labute approximate surface area is 105 Å². The van der Waals surface area contributed by atoms with Crippen molar-refractivity contribution < 1.29 is 9.84 Å². The van der Waals surface area contributed by atoms with E-state index in [1.807, 2.05) is 6.92 Å². The van der Waals surface area contributed by atoms with Crippen LogP contribution < -0.4 is 0 Å². The van der Waals surface area contributed by atoms with Gasteiger partial charge in [0.2, 0.25) is 0 Å². The van der Waals surface area contributed by atoms with Gasteiger partial charge in [-0.15, -0.1) is 0 Å². The van der Waals surface area contributed by atoms with Gasteiger partial charge in [-0.2, -0.15) is 0 Å². The zero-order chi connectivity index (χ0) is 12.5. The molecule has 2 saturated carbocycles. The standard InChI is InChI=1S/C15H26O2/c1-12(2)15(17-12)9-8-13(3)6-5-7-14(4,16)11(13)10-15/h11,16H,5-10H2,1-4H3/t11-,13-,14-,15+/m1/s1. The van der Waals surface area contributed by atoms with Crippen molar-refractivity contribution in [1.29, 1.82) is 0 Å². The molecule has 2 aliphatic carbocycles. The molecular weight excluding hydrogens is 212 g/mol. The van der Waals surface area contributed by atoms with E-state index in [0.717, 1.165) is 12.8 Å². The second kappa shape index (κ2) is 3.08. The minimum atomic E-state index is -0.484. The summed E-state index contributed by atoms with van der Waals surface area (Å²) in [5, 5.41) is 10.7. The lowest BCUT2D eigenvalue weighted by Gasteiger charge is -2.54. The molecule has 1 aliphatic heterocycles. The molecule has 1 N–H and O–H groups in total. The number of hydrogen-bond donors (Lipinski definition) is 1. The minimum absolute atomic E-state index is 0.0435. The van der Waals surface area contributed by atoms with Crippen molar-refractivity contribution in [2.45, 2.75) is 83.0 Å². The first-order valence-electron chi connectivity index (χ1n) is 7.14. The van der Waals surface area contributed by atoms with Crippen LogP contribution in [0.15, 0.2) is 0 Å². The molecule has 1 saturated heterocycles. The highest BCUT2D eigenvalue weighted by Gasteiger charge is 2.68. The van der Waals surface area contributed by atoms with Gasteiger partial charge in [0.25, 0.3) is 0 Å². The summed E-state index contributed by atoms with van der Waals surface area (Å²) in [5.41, 5.74) is -0.0160. The summed E-state index contributed by atoms with van der Waals surface area (Å²) in [6.07, 6.45) is 6.88. The number of aliphatic hydroxyl groups is 1. The molecule has 0 radical (unpaired) electrons. The first kappa shape index (κ1) is 12.0. The fourth-order valence-corrected chi connectivity index (χ4v) is 4.74. The van der Waals surface area contributed by atoms with E-state index in [9.17, 15) is 5.11 Å². The van der Waals surface area contributed by atoms with Gasteiger partial charge in [0.15, 0.2) is 0 Å². The number of hydrogen-bond acceptors (Lipinski definition) is 2. The Morgan fingerprint density at radius 2 is 1.65 bits per heavy atom. The fourth-order valence-electron chi connectivity index (χ4n) is 4.74. The second-order valence-electron chi connectivity index (χ2n) is 7.73. The summed E-state index contributed by atoms with van der Waals surface area (Å²) < 4.78 is 6.01. The minimum Gasteiger partial charge on any atom is -0.390 e. The fraction of sp³-hybridized carbons (Fsp3) is 1.00. The van der Waals surface area contributed by atoms with Gasteiger partial charge in [-0.05, 0) is 64.2 Å². The maximum atomic E-state index is 10.7. The Morgan fingerprint density at radius 1 is 1.00 bits per heavy atom. The molecule has 3 fully saturated rings. The van der Waals surface area contributed by atoms with Crippen LogP contribution in [0.25, 0.3) is 0 Å². The number of ether oxygens (including phenoxy) is 1. The van der Waals surface area contributed by atoms with E-state index >= 15 is 0 Å². The van der Waals surface area contributed by atoms with Gasteiger partial charge in [-0.3, -0.25) is 0 Å². The maximum Gasteiger partial charge on any atom is 0.0978 e. The van der Waals surface area contributed by atoms with Crippen LogP contribution in [0.5, 0.6) is 0 Å². The molecular formula is C15H26O2. The summed E-state index contributed by atoms with van der Waals surface area (Å²) in [6, 6.07) is 0. The van der Waals surface area contributed by atoms with E-state index < -0.39 is 5.60 Å². The van der Waals surface area contributed by atoms with Gasteiger partial charge in [-0.1, -0.05) is 13.3 Å². The van der Waals surface area contributed by atoms with Gasteiger partial charge in [0.1, 0.15) is 0 Å². The van der Waals surface area contributed by atoms with Crippen molar-refractivity contribution in [3.8, 4) is 0 Å². The molecule has 1 spiro atoms. The lowest BCUT2D eigenvalue weighted by atomic mass is 9.52. The van der Waals surface area contributed by atoms with E-state index in [1.54, 1.807) is 0 Å². The van der Waals surface area contributed by atoms with Crippen LogP contribution in [0.2, 0.25) is 0 Å². The number of epoxide rings is 1. The lowest BCUT2D eigenvalue weighted by Crippen LogP contribution is -2.53. The summed E-state index contributed by atoms with van der Waals surface area (Å²) >= 11 is 0. The average molecular weight is 238 g/mol. The van der Waals surface area contributed by atoms with Gasteiger partial charge in [-0.25, -0.2) is 0 Å². The van der Waals surface area contributed by atoms with Crippen molar-refractivity contribution in [3.05, 3.63) is 0 Å². The highest BCUT2D eigenvalue weighted by Crippen LogP contribution is 2.65. The van der Waals surface area contributed by atoms with Crippen LogP contribution in [0, 0.1) is 11.3 Å². The average Bonchev–Trinajstić information content (AvgIpc) is 2.71. The van der Waals surface area contributed by atoms with Crippen LogP contribution in [0.3, 0.4) is 0 Å². The van der Waals surface area contributed by atoms with Gasteiger partial charge in [0.05, 0.1) is 16.8 Å². The summed E-state index contributed by atoms with van der Waals surface area (Å²) in [7, 11) is 0. The van der Waals surface area contributed by atoms with Crippen molar-refractivity contribution in [3.63, 3.8) is 0 Å². The zero-order valence-corrected chi connectivity index (χ0v) is 11.7. The first-order valence-corrected chi connectivity index (χ1v) is 7.14. The molecule has 17 heavy (non-hydrogen) atoms. The normalized spacial score (nSPS) is 56.6. The predicted molar refractivity (Wildman–Crippen MR) is 67.8 cm³/mol. The van der Waals surface area contributed by atoms with Crippen molar-refractivity contribution >= 4 is 0 Å². The van der Waals surface area contributed by atoms with Crippen LogP contribution >= 0.6 is 0 Å². The third-order valence-corrected chi connectivity index (χ3v) is 6.16. The Balaban J connectivity index is 1.88. The van der Waals surface area contributed by atoms with E-state index in [1.165, 1.54) is 25.7 Å². The van der Waals surface area contributed by atoms with Crippen LogP contribution in [0.1, 0.15) is 66.2 Å². The highest BCUT2D eigenvalue weighted by atomic mass is 16.6. The largest absolute Gasteiger partial charge is 0.390 e. The Morgan fingerprint density at radius 3 is 2.24 bits per heavy atom. The summed E-state index contributed by atoms with van der Waals surface area (Å²) in [5.74, 6) is 0.416. The van der Waals surface area contributed by atoms with Gasteiger partial charge in [0, 0.05) is 0 Å². The zero-order valence-electron chi connectivity index (χ0n) is 11.7. The Hall–Kier alpha value is -0.0800. The molecule has 0 aromatic carbocycles. The monoisotopic (exact) mass is 238 g/mol. The molecule has 2 heteroatoms. The van der Waals surface area contributed by atoms with Crippen molar-refractivity contribution in [1.82, 2.24) is 0 Å². The molecule has 0 aromatic rings. The highest BCUT2D eigenvalue weighted by molar-refractivity contribution is 5.17. The second-order valence-corrected chi connectivity index (χ2v) is 7.73. The Bertz CT molecular complexity index is 347. The smallest absolute Gasteiger partial charge is 0.0978 e. The van der Waals surface area contributed by atoms with Crippen LogP contribution in [-0.2, 0) is 4.74 Å². The van der Waals surface area contributed by atoms with E-state index in [-0.39, 0.29) is 11.2 Å². The molecule has 0 unspecified atom stereocenters. The van der Waals surface area contributed by atoms with Crippen LogP contribution in [-0.4, -0.2) is 21.9 Å². The molecule has 0 amide bonds. The van der Waals surface area contributed by atoms with E-state index in [4.69, 9.17) is 4.74 Å². The summed E-state index contributed by atoms with van der Waals surface area (Å²) in [4.78, 5) is 0. The predicted octanol–water partition coefficient (Wildman–Crippen LogP) is 3.28.